The van der Waals surface area contributed by atoms with Gasteiger partial charge in [0, 0.05) is 20.1 Å². The van der Waals surface area contributed by atoms with Gasteiger partial charge in [-0.25, -0.2) is 8.42 Å². The standard InChI is InChI=1S/C6H14O6S.Na/c1-10-3-6(4-11-2)5-12-13(7,8)9;/h6H,3-5H2,1-2H3,(H,7,8,9);/q;+1/p-1. The third-order valence-corrected chi connectivity index (χ3v) is 1.68. The molecular weight excluding hydrogens is 223 g/mol. The fourth-order valence-electron chi connectivity index (χ4n) is 0.795. The van der Waals surface area contributed by atoms with E-state index < -0.39 is 10.4 Å². The third kappa shape index (κ3) is 10.9. The van der Waals surface area contributed by atoms with Crippen molar-refractivity contribution in [2.75, 3.05) is 34.0 Å². The number of ether oxygens (including phenoxy) is 2. The molecule has 80 valence electrons. The zero-order chi connectivity index (χ0) is 10.3. The predicted octanol–water partition coefficient (Wildman–Crippen LogP) is -3.62. The normalized spacial score (nSPS) is 11.4. The SMILES string of the molecule is COCC(COC)COS(=O)(=O)[O-].[Na+]. The fraction of sp³-hybridized carbons (Fsp3) is 1.00. The minimum absolute atomic E-state index is 0. The van der Waals surface area contributed by atoms with Crippen LogP contribution in [0.4, 0.5) is 0 Å². The maximum Gasteiger partial charge on any atom is 1.00 e. The number of hydrogen-bond acceptors (Lipinski definition) is 6. The van der Waals surface area contributed by atoms with Crippen LogP contribution in [0.15, 0.2) is 0 Å². The van der Waals surface area contributed by atoms with E-state index in [1.54, 1.807) is 0 Å². The molecule has 0 atom stereocenters. The van der Waals surface area contributed by atoms with Crippen LogP contribution in [0.1, 0.15) is 0 Å². The number of hydrogen-bond donors (Lipinski definition) is 0. The van der Waals surface area contributed by atoms with E-state index in [-0.39, 0.29) is 55.3 Å². The van der Waals surface area contributed by atoms with Gasteiger partial charge in [0.1, 0.15) is 0 Å². The second-order valence-corrected chi connectivity index (χ2v) is 3.52. The Kier molecular flexibility index (Phi) is 11.1. The molecule has 0 heterocycles. The molecule has 0 aromatic carbocycles. The first kappa shape index (κ1) is 17.2. The van der Waals surface area contributed by atoms with Crippen LogP contribution >= 0.6 is 0 Å². The molecule has 0 unspecified atom stereocenters. The molecule has 0 fully saturated rings. The molecule has 0 aromatic heterocycles. The molecule has 0 aliphatic carbocycles. The Hall–Kier alpha value is 0.790. The minimum atomic E-state index is -4.62. The van der Waals surface area contributed by atoms with Gasteiger partial charge in [-0.1, -0.05) is 0 Å². The molecule has 0 saturated heterocycles. The zero-order valence-electron chi connectivity index (χ0n) is 8.56. The van der Waals surface area contributed by atoms with Crippen LogP contribution in [-0.2, 0) is 24.1 Å². The van der Waals surface area contributed by atoms with E-state index in [9.17, 15) is 13.0 Å². The summed E-state index contributed by atoms with van der Waals surface area (Å²) < 4.78 is 43.8. The van der Waals surface area contributed by atoms with Crippen molar-refractivity contribution in [1.29, 1.82) is 0 Å². The molecule has 6 nitrogen and oxygen atoms in total. The molecule has 0 rings (SSSR count). The van der Waals surface area contributed by atoms with E-state index in [1.165, 1.54) is 14.2 Å². The minimum Gasteiger partial charge on any atom is -0.726 e. The molecule has 0 N–H and O–H groups in total. The van der Waals surface area contributed by atoms with Gasteiger partial charge in [-0.3, -0.25) is 4.18 Å². The summed E-state index contributed by atoms with van der Waals surface area (Å²) in [5.74, 6) is -0.251. The maximum absolute atomic E-state index is 10.1. The summed E-state index contributed by atoms with van der Waals surface area (Å²) in [6, 6.07) is 0. The summed E-state index contributed by atoms with van der Waals surface area (Å²) >= 11 is 0. The molecule has 0 bridgehead atoms. The Bertz CT molecular complexity index is 210. The largest absolute Gasteiger partial charge is 1.00 e. The summed E-state index contributed by atoms with van der Waals surface area (Å²) in [6.07, 6.45) is 0. The molecule has 8 heteroatoms. The van der Waals surface area contributed by atoms with E-state index >= 15 is 0 Å². The van der Waals surface area contributed by atoms with Crippen molar-refractivity contribution in [3.8, 4) is 0 Å². The van der Waals surface area contributed by atoms with Crippen LogP contribution < -0.4 is 29.6 Å². The Morgan fingerprint density at radius 2 is 1.57 bits per heavy atom. The summed E-state index contributed by atoms with van der Waals surface area (Å²) in [4.78, 5) is 0. The molecule has 0 aromatic rings. The van der Waals surface area contributed by atoms with E-state index in [2.05, 4.69) is 4.18 Å². The van der Waals surface area contributed by atoms with Crippen molar-refractivity contribution < 1.29 is 56.2 Å². The van der Waals surface area contributed by atoms with Gasteiger partial charge < -0.3 is 14.0 Å². The van der Waals surface area contributed by atoms with Gasteiger partial charge in [0.2, 0.25) is 10.4 Å². The Morgan fingerprint density at radius 3 is 1.86 bits per heavy atom. The first-order chi connectivity index (χ1) is 5.99. The molecule has 0 aliphatic heterocycles. The second kappa shape index (κ2) is 9.05. The van der Waals surface area contributed by atoms with Crippen molar-refractivity contribution in [3.63, 3.8) is 0 Å². The van der Waals surface area contributed by atoms with Gasteiger partial charge in [-0.2, -0.15) is 0 Å². The molecule has 0 saturated carbocycles. The average molecular weight is 236 g/mol. The van der Waals surface area contributed by atoms with Gasteiger partial charge in [-0.15, -0.1) is 0 Å². The molecule has 0 aliphatic rings. The monoisotopic (exact) mass is 236 g/mol. The summed E-state index contributed by atoms with van der Waals surface area (Å²) in [5, 5.41) is 0. The van der Waals surface area contributed by atoms with Gasteiger partial charge >= 0.3 is 29.6 Å². The van der Waals surface area contributed by atoms with Gasteiger partial charge in [0.25, 0.3) is 0 Å². The quantitative estimate of drug-likeness (QED) is 0.258. The van der Waals surface area contributed by atoms with Crippen LogP contribution in [0.5, 0.6) is 0 Å². The molecule has 14 heavy (non-hydrogen) atoms. The fourth-order valence-corrected chi connectivity index (χ4v) is 1.15. The van der Waals surface area contributed by atoms with Crippen molar-refractivity contribution >= 4 is 10.4 Å². The summed E-state index contributed by atoms with van der Waals surface area (Å²) in [6.45, 7) is 0.347. The first-order valence-electron chi connectivity index (χ1n) is 3.57. The topological polar surface area (TPSA) is 84.9 Å². The first-order valence-corrected chi connectivity index (χ1v) is 4.91. The van der Waals surface area contributed by atoms with Crippen LogP contribution in [-0.4, -0.2) is 47.0 Å². The third-order valence-electron chi connectivity index (χ3n) is 1.25. The van der Waals surface area contributed by atoms with Crippen LogP contribution in [0.3, 0.4) is 0 Å². The molecule has 0 amide bonds. The Labute approximate surface area is 106 Å². The Balaban J connectivity index is 0. The van der Waals surface area contributed by atoms with Crippen LogP contribution in [0.25, 0.3) is 0 Å². The summed E-state index contributed by atoms with van der Waals surface area (Å²) in [5.41, 5.74) is 0. The van der Waals surface area contributed by atoms with Crippen LogP contribution in [0, 0.1) is 5.92 Å². The van der Waals surface area contributed by atoms with Gasteiger partial charge in [-0.05, 0) is 0 Å². The van der Waals surface area contributed by atoms with Crippen molar-refractivity contribution in [2.45, 2.75) is 0 Å². The zero-order valence-corrected chi connectivity index (χ0v) is 11.4. The van der Waals surface area contributed by atoms with Gasteiger partial charge in [0.05, 0.1) is 19.8 Å². The van der Waals surface area contributed by atoms with Crippen molar-refractivity contribution in [2.24, 2.45) is 5.92 Å². The predicted molar refractivity (Wildman–Crippen MR) is 42.9 cm³/mol. The average Bonchev–Trinajstić information content (AvgIpc) is 2.00. The maximum atomic E-state index is 10.1. The van der Waals surface area contributed by atoms with Crippen molar-refractivity contribution in [3.05, 3.63) is 0 Å². The Morgan fingerprint density at radius 1 is 1.14 bits per heavy atom. The van der Waals surface area contributed by atoms with E-state index in [0.717, 1.165) is 0 Å². The van der Waals surface area contributed by atoms with E-state index in [0.29, 0.717) is 0 Å². The van der Waals surface area contributed by atoms with Gasteiger partial charge in [0.15, 0.2) is 0 Å². The van der Waals surface area contributed by atoms with Crippen LogP contribution in [0.2, 0.25) is 0 Å². The second-order valence-electron chi connectivity index (χ2n) is 2.47. The summed E-state index contributed by atoms with van der Waals surface area (Å²) in [7, 11) is -1.68. The van der Waals surface area contributed by atoms with E-state index in [1.807, 2.05) is 0 Å². The molecule has 0 radical (unpaired) electrons. The number of methoxy groups -OCH3 is 2. The smallest absolute Gasteiger partial charge is 0.726 e. The van der Waals surface area contributed by atoms with Crippen molar-refractivity contribution in [1.82, 2.24) is 0 Å². The molecule has 0 spiro atoms. The van der Waals surface area contributed by atoms with E-state index in [4.69, 9.17) is 9.47 Å². The molecular formula is C6H13NaO6S. The number of rotatable bonds is 7.